The van der Waals surface area contributed by atoms with Gasteiger partial charge in [-0.05, 0) is 22.6 Å². The van der Waals surface area contributed by atoms with Crippen LogP contribution in [0.4, 0.5) is 0 Å². The Bertz CT molecular complexity index is 700. The molecule has 0 radical (unpaired) electrons. The molecule has 23 heavy (non-hydrogen) atoms. The minimum Gasteiger partial charge on any atom is -0.390 e. The van der Waals surface area contributed by atoms with E-state index in [0.717, 1.165) is 11.1 Å². The molecule has 2 unspecified atom stereocenters. The van der Waals surface area contributed by atoms with Crippen molar-refractivity contribution in [2.75, 3.05) is 6.54 Å². The number of hydrogen-bond acceptors (Lipinski definition) is 4. The van der Waals surface area contributed by atoms with E-state index in [1.807, 2.05) is 35.7 Å². The summed E-state index contributed by atoms with van der Waals surface area (Å²) in [6.45, 7) is 0.271. The van der Waals surface area contributed by atoms with Gasteiger partial charge in [-0.3, -0.25) is 9.59 Å². The zero-order valence-corrected chi connectivity index (χ0v) is 13.3. The molecule has 5 nitrogen and oxygen atoms in total. The molecule has 0 bridgehead atoms. The van der Waals surface area contributed by atoms with Gasteiger partial charge in [0, 0.05) is 19.4 Å². The van der Waals surface area contributed by atoms with Gasteiger partial charge >= 0.3 is 0 Å². The smallest absolute Gasteiger partial charge is 0.261 e. The normalized spacial score (nSPS) is 19.2. The van der Waals surface area contributed by atoms with E-state index in [9.17, 15) is 14.7 Å². The molecule has 1 aromatic heterocycles. The Labute approximate surface area is 138 Å². The van der Waals surface area contributed by atoms with Crippen LogP contribution in [0.3, 0.4) is 0 Å². The second kappa shape index (κ2) is 6.93. The number of carbonyl (C=O) groups excluding carboxylic acids is 2. The van der Waals surface area contributed by atoms with Crippen LogP contribution in [0.1, 0.15) is 33.3 Å². The molecule has 1 aromatic carbocycles. The predicted octanol–water partition coefficient (Wildman–Crippen LogP) is 1.64. The number of rotatable bonds is 5. The molecule has 1 aliphatic carbocycles. The monoisotopic (exact) mass is 330 g/mol. The number of benzene rings is 1. The van der Waals surface area contributed by atoms with Crippen molar-refractivity contribution in [2.24, 2.45) is 0 Å². The summed E-state index contributed by atoms with van der Waals surface area (Å²) in [6, 6.07) is 10.9. The number of carbonyl (C=O) groups is 2. The predicted molar refractivity (Wildman–Crippen MR) is 88.3 cm³/mol. The molecule has 6 heteroatoms. The van der Waals surface area contributed by atoms with E-state index in [1.165, 1.54) is 11.3 Å². The van der Waals surface area contributed by atoms with Crippen LogP contribution in [0.2, 0.25) is 0 Å². The van der Waals surface area contributed by atoms with Crippen molar-refractivity contribution in [2.45, 2.75) is 25.0 Å². The molecule has 1 heterocycles. The van der Waals surface area contributed by atoms with Gasteiger partial charge in [-0.25, -0.2) is 0 Å². The minimum absolute atomic E-state index is 0.168. The summed E-state index contributed by atoms with van der Waals surface area (Å²) >= 11 is 1.36. The first-order chi connectivity index (χ1) is 11.1. The highest BCUT2D eigenvalue weighted by Gasteiger charge is 2.31. The molecule has 2 atom stereocenters. The van der Waals surface area contributed by atoms with Crippen molar-refractivity contribution in [3.63, 3.8) is 0 Å². The summed E-state index contributed by atoms with van der Waals surface area (Å²) in [5, 5.41) is 17.5. The standard InChI is InChI=1S/C17H18N2O3S/c20-13-10-11-4-1-2-5-12(11)16(13)19-15(21)7-8-18-17(22)14-6-3-9-23-14/h1-6,9,13,16,20H,7-8,10H2,(H,18,22)(H,19,21). The maximum Gasteiger partial charge on any atom is 0.261 e. The van der Waals surface area contributed by atoms with Gasteiger partial charge < -0.3 is 15.7 Å². The summed E-state index contributed by atoms with van der Waals surface area (Å²) in [6.07, 6.45) is 0.135. The molecule has 2 amide bonds. The van der Waals surface area contributed by atoms with Crippen molar-refractivity contribution in [1.29, 1.82) is 0 Å². The average Bonchev–Trinajstić information content (AvgIpc) is 3.16. The van der Waals surface area contributed by atoms with Crippen LogP contribution < -0.4 is 10.6 Å². The molecule has 2 aromatic rings. The summed E-state index contributed by atoms with van der Waals surface area (Å²) in [4.78, 5) is 24.5. The lowest BCUT2D eigenvalue weighted by Gasteiger charge is -2.18. The molecular formula is C17H18N2O3S. The van der Waals surface area contributed by atoms with Crippen molar-refractivity contribution >= 4 is 23.2 Å². The molecule has 0 saturated carbocycles. The first-order valence-electron chi connectivity index (χ1n) is 7.52. The third-order valence-electron chi connectivity index (χ3n) is 3.90. The minimum atomic E-state index is -0.600. The lowest BCUT2D eigenvalue weighted by molar-refractivity contribution is -0.122. The Kier molecular flexibility index (Phi) is 4.73. The second-order valence-electron chi connectivity index (χ2n) is 5.50. The molecule has 3 N–H and O–H groups in total. The van der Waals surface area contributed by atoms with Crippen molar-refractivity contribution in [3.05, 3.63) is 57.8 Å². The SMILES string of the molecule is O=C(CCNC(=O)c1cccs1)NC1c2ccccc2CC1O. The maximum atomic E-state index is 12.1. The highest BCUT2D eigenvalue weighted by Crippen LogP contribution is 2.31. The molecule has 120 valence electrons. The molecule has 3 rings (SSSR count). The van der Waals surface area contributed by atoms with Gasteiger partial charge in [0.1, 0.15) is 0 Å². The van der Waals surface area contributed by atoms with Crippen LogP contribution in [-0.4, -0.2) is 29.6 Å². The van der Waals surface area contributed by atoms with Crippen LogP contribution in [0.5, 0.6) is 0 Å². The Hall–Kier alpha value is -2.18. The molecule has 0 aliphatic heterocycles. The molecule has 0 fully saturated rings. The lowest BCUT2D eigenvalue weighted by atomic mass is 10.1. The van der Waals surface area contributed by atoms with Crippen LogP contribution in [0, 0.1) is 0 Å². The van der Waals surface area contributed by atoms with E-state index >= 15 is 0 Å². The van der Waals surface area contributed by atoms with Gasteiger partial charge in [-0.2, -0.15) is 0 Å². The Morgan fingerprint density at radius 2 is 2.04 bits per heavy atom. The molecular weight excluding hydrogens is 312 g/mol. The van der Waals surface area contributed by atoms with Crippen LogP contribution >= 0.6 is 11.3 Å². The van der Waals surface area contributed by atoms with Gasteiger partial charge in [0.15, 0.2) is 0 Å². The van der Waals surface area contributed by atoms with Crippen LogP contribution in [-0.2, 0) is 11.2 Å². The van der Waals surface area contributed by atoms with Gasteiger partial charge in [0.05, 0.1) is 17.0 Å². The topological polar surface area (TPSA) is 78.4 Å². The summed E-state index contributed by atoms with van der Waals surface area (Å²) in [5.41, 5.74) is 2.03. The summed E-state index contributed by atoms with van der Waals surface area (Å²) in [7, 11) is 0. The lowest BCUT2D eigenvalue weighted by Crippen LogP contribution is -2.36. The zero-order chi connectivity index (χ0) is 16.2. The third-order valence-corrected chi connectivity index (χ3v) is 4.77. The number of aliphatic hydroxyl groups excluding tert-OH is 1. The van der Waals surface area contributed by atoms with E-state index in [4.69, 9.17) is 0 Å². The Balaban J connectivity index is 1.49. The number of thiophene rings is 1. The summed E-state index contributed by atoms with van der Waals surface area (Å²) < 4.78 is 0. The van der Waals surface area contributed by atoms with Gasteiger partial charge in [0.25, 0.3) is 5.91 Å². The third kappa shape index (κ3) is 3.60. The van der Waals surface area contributed by atoms with E-state index in [1.54, 1.807) is 6.07 Å². The van der Waals surface area contributed by atoms with Crippen molar-refractivity contribution < 1.29 is 14.7 Å². The maximum absolute atomic E-state index is 12.1. The second-order valence-corrected chi connectivity index (χ2v) is 6.45. The fraction of sp³-hybridized carbons (Fsp3) is 0.294. The fourth-order valence-electron chi connectivity index (χ4n) is 2.78. The Morgan fingerprint density at radius 3 is 2.83 bits per heavy atom. The van der Waals surface area contributed by atoms with Crippen molar-refractivity contribution in [1.82, 2.24) is 10.6 Å². The van der Waals surface area contributed by atoms with Crippen molar-refractivity contribution in [3.8, 4) is 0 Å². The first-order valence-corrected chi connectivity index (χ1v) is 8.40. The summed E-state index contributed by atoms with van der Waals surface area (Å²) in [5.74, 6) is -0.351. The van der Waals surface area contributed by atoms with Gasteiger partial charge in [-0.15, -0.1) is 11.3 Å². The number of fused-ring (bicyclic) bond motifs is 1. The fourth-order valence-corrected chi connectivity index (χ4v) is 3.42. The number of nitrogens with one attached hydrogen (secondary N) is 2. The Morgan fingerprint density at radius 1 is 1.22 bits per heavy atom. The van der Waals surface area contributed by atoms with Gasteiger partial charge in [-0.1, -0.05) is 30.3 Å². The average molecular weight is 330 g/mol. The number of hydrogen-bond donors (Lipinski definition) is 3. The van der Waals surface area contributed by atoms with Gasteiger partial charge in [0.2, 0.25) is 5.91 Å². The first kappa shape index (κ1) is 15.7. The highest BCUT2D eigenvalue weighted by atomic mass is 32.1. The number of amides is 2. The largest absolute Gasteiger partial charge is 0.390 e. The molecule has 0 saturated heterocycles. The van der Waals surface area contributed by atoms with E-state index in [0.29, 0.717) is 11.3 Å². The zero-order valence-electron chi connectivity index (χ0n) is 12.5. The highest BCUT2D eigenvalue weighted by molar-refractivity contribution is 7.12. The molecule has 0 spiro atoms. The van der Waals surface area contributed by atoms with Crippen LogP contribution in [0.25, 0.3) is 0 Å². The van der Waals surface area contributed by atoms with Crippen LogP contribution in [0.15, 0.2) is 41.8 Å². The van der Waals surface area contributed by atoms with E-state index < -0.39 is 6.10 Å². The quantitative estimate of drug-likeness (QED) is 0.780. The van der Waals surface area contributed by atoms with E-state index in [-0.39, 0.29) is 30.8 Å². The molecule has 1 aliphatic rings. The van der Waals surface area contributed by atoms with E-state index in [2.05, 4.69) is 10.6 Å². The number of aliphatic hydroxyl groups is 1.